The van der Waals surface area contributed by atoms with Gasteiger partial charge in [0.2, 0.25) is 0 Å². The molecule has 1 N–H and O–H groups in total. The quantitative estimate of drug-likeness (QED) is 0.933. The van der Waals surface area contributed by atoms with Gasteiger partial charge in [-0.1, -0.05) is 0 Å². The van der Waals surface area contributed by atoms with Gasteiger partial charge in [-0.15, -0.1) is 11.3 Å². The molecular weight excluding hydrogens is 284 g/mol. The van der Waals surface area contributed by atoms with E-state index >= 15 is 0 Å². The third-order valence-electron chi connectivity index (χ3n) is 3.65. The van der Waals surface area contributed by atoms with Gasteiger partial charge >= 0.3 is 0 Å². The number of nitrogens with zero attached hydrogens (tertiary/aromatic N) is 5. The lowest BCUT2D eigenvalue weighted by molar-refractivity contribution is 0.525. The highest BCUT2D eigenvalue weighted by Crippen LogP contribution is 2.23. The van der Waals surface area contributed by atoms with Gasteiger partial charge in [0.25, 0.3) is 0 Å². The summed E-state index contributed by atoms with van der Waals surface area (Å²) in [7, 11) is 3.97. The Kier molecular flexibility index (Phi) is 4.19. The highest BCUT2D eigenvalue weighted by Gasteiger charge is 2.20. The lowest BCUT2D eigenvalue weighted by Gasteiger charge is -2.32. The summed E-state index contributed by atoms with van der Waals surface area (Å²) >= 11 is 1.71. The summed E-state index contributed by atoms with van der Waals surface area (Å²) in [6.07, 6.45) is 5.68. The Morgan fingerprint density at radius 1 is 1.24 bits per heavy atom. The third-order valence-corrected chi connectivity index (χ3v) is 4.48. The SMILES string of the molecule is CN(C)c1cc(NC2CCN(c3nccs3)CC2)ncn1. The molecule has 1 aliphatic rings. The molecule has 0 amide bonds. The fourth-order valence-corrected chi connectivity index (χ4v) is 3.16. The summed E-state index contributed by atoms with van der Waals surface area (Å²) in [4.78, 5) is 17.3. The minimum absolute atomic E-state index is 0.464. The first-order valence-corrected chi connectivity index (χ1v) is 8.00. The maximum absolute atomic E-state index is 4.38. The Morgan fingerprint density at radius 3 is 2.71 bits per heavy atom. The standard InChI is InChI=1S/C14H20N6S/c1-19(2)13-9-12(16-10-17-13)18-11-3-6-20(7-4-11)14-15-5-8-21-14/h5,8-11H,3-4,6-7H2,1-2H3,(H,16,17,18). The van der Waals surface area contributed by atoms with Gasteiger partial charge in [0.15, 0.2) is 5.13 Å². The van der Waals surface area contributed by atoms with E-state index in [9.17, 15) is 0 Å². The van der Waals surface area contributed by atoms with Crippen LogP contribution in [0, 0.1) is 0 Å². The zero-order chi connectivity index (χ0) is 14.7. The third kappa shape index (κ3) is 3.41. The maximum atomic E-state index is 4.38. The van der Waals surface area contributed by atoms with Crippen LogP contribution >= 0.6 is 11.3 Å². The maximum Gasteiger partial charge on any atom is 0.185 e. The van der Waals surface area contributed by atoms with Gasteiger partial charge in [-0.3, -0.25) is 0 Å². The zero-order valence-corrected chi connectivity index (χ0v) is 13.2. The number of nitrogens with one attached hydrogen (secondary N) is 1. The second kappa shape index (κ2) is 6.26. The van der Waals surface area contributed by atoms with Crippen LogP contribution in [0.1, 0.15) is 12.8 Å². The van der Waals surface area contributed by atoms with Crippen LogP contribution in [0.2, 0.25) is 0 Å². The summed E-state index contributed by atoms with van der Waals surface area (Å²) in [5, 5.41) is 6.68. The summed E-state index contributed by atoms with van der Waals surface area (Å²) in [6, 6.07) is 2.46. The van der Waals surface area contributed by atoms with Gasteiger partial charge in [0.1, 0.15) is 18.0 Å². The normalized spacial score (nSPS) is 16.0. The second-order valence-corrected chi connectivity index (χ2v) is 6.25. The molecule has 2 aromatic rings. The van der Waals surface area contributed by atoms with Crippen molar-refractivity contribution in [3.05, 3.63) is 24.0 Å². The van der Waals surface area contributed by atoms with Gasteiger partial charge in [0, 0.05) is 50.9 Å². The molecule has 1 fully saturated rings. The molecule has 3 rings (SSSR count). The van der Waals surface area contributed by atoms with Crippen LogP contribution in [0.5, 0.6) is 0 Å². The molecule has 1 aliphatic heterocycles. The topological polar surface area (TPSA) is 57.2 Å². The van der Waals surface area contributed by atoms with Gasteiger partial charge in [-0.2, -0.15) is 0 Å². The number of rotatable bonds is 4. The molecule has 0 aliphatic carbocycles. The number of anilines is 3. The average Bonchev–Trinajstić information content (AvgIpc) is 3.02. The molecule has 7 heteroatoms. The molecular formula is C14H20N6S. The van der Waals surface area contributed by atoms with E-state index < -0.39 is 0 Å². The molecule has 112 valence electrons. The number of aromatic nitrogens is 3. The molecule has 0 aromatic carbocycles. The van der Waals surface area contributed by atoms with Crippen LogP contribution in [0.15, 0.2) is 24.0 Å². The van der Waals surface area contributed by atoms with Gasteiger partial charge < -0.3 is 15.1 Å². The van der Waals surface area contributed by atoms with Crippen molar-refractivity contribution in [2.45, 2.75) is 18.9 Å². The van der Waals surface area contributed by atoms with Crippen LogP contribution in [0.3, 0.4) is 0 Å². The van der Waals surface area contributed by atoms with Crippen LogP contribution < -0.4 is 15.1 Å². The Balaban J connectivity index is 1.57. The fraction of sp³-hybridized carbons (Fsp3) is 0.500. The van der Waals surface area contributed by atoms with Gasteiger partial charge in [0.05, 0.1) is 0 Å². The van der Waals surface area contributed by atoms with Crippen molar-refractivity contribution in [1.82, 2.24) is 15.0 Å². The first kappa shape index (κ1) is 14.1. The monoisotopic (exact) mass is 304 g/mol. The molecule has 1 saturated heterocycles. The van der Waals surface area contributed by atoms with E-state index in [0.717, 1.165) is 42.7 Å². The van der Waals surface area contributed by atoms with Crippen LogP contribution in [0.25, 0.3) is 0 Å². The van der Waals surface area contributed by atoms with E-state index in [2.05, 4.69) is 25.2 Å². The van der Waals surface area contributed by atoms with Crippen molar-refractivity contribution in [3.8, 4) is 0 Å². The Hall–Kier alpha value is -1.89. The number of piperidine rings is 1. The number of hydrogen-bond acceptors (Lipinski definition) is 7. The van der Waals surface area contributed by atoms with E-state index in [1.165, 1.54) is 0 Å². The van der Waals surface area contributed by atoms with E-state index in [1.807, 2.05) is 36.6 Å². The smallest absolute Gasteiger partial charge is 0.185 e. The first-order valence-electron chi connectivity index (χ1n) is 7.13. The molecule has 3 heterocycles. The Morgan fingerprint density at radius 2 is 2.05 bits per heavy atom. The lowest BCUT2D eigenvalue weighted by atomic mass is 10.1. The zero-order valence-electron chi connectivity index (χ0n) is 12.4. The van der Waals surface area contributed by atoms with Crippen LogP contribution in [-0.2, 0) is 0 Å². The lowest BCUT2D eigenvalue weighted by Crippen LogP contribution is -2.39. The molecule has 21 heavy (non-hydrogen) atoms. The summed E-state index contributed by atoms with van der Waals surface area (Å²) in [5.74, 6) is 1.83. The number of thiazole rings is 1. The first-order chi connectivity index (χ1) is 10.2. The van der Waals surface area contributed by atoms with E-state index in [0.29, 0.717) is 6.04 Å². The van der Waals surface area contributed by atoms with Crippen molar-refractivity contribution < 1.29 is 0 Å². The van der Waals surface area contributed by atoms with Crippen LogP contribution in [0.4, 0.5) is 16.8 Å². The average molecular weight is 304 g/mol. The minimum atomic E-state index is 0.464. The van der Waals surface area contributed by atoms with Gasteiger partial charge in [-0.25, -0.2) is 15.0 Å². The Labute approximate surface area is 128 Å². The molecule has 0 bridgehead atoms. The molecule has 0 spiro atoms. The highest BCUT2D eigenvalue weighted by atomic mass is 32.1. The molecule has 0 saturated carbocycles. The van der Waals surface area contributed by atoms with Crippen molar-refractivity contribution in [2.24, 2.45) is 0 Å². The summed E-state index contributed by atoms with van der Waals surface area (Å²) < 4.78 is 0. The Bertz CT molecular complexity index is 563. The van der Waals surface area contributed by atoms with E-state index in [4.69, 9.17) is 0 Å². The summed E-state index contributed by atoms with van der Waals surface area (Å²) in [5.41, 5.74) is 0. The minimum Gasteiger partial charge on any atom is -0.367 e. The largest absolute Gasteiger partial charge is 0.367 e. The van der Waals surface area contributed by atoms with Crippen molar-refractivity contribution in [1.29, 1.82) is 0 Å². The van der Waals surface area contributed by atoms with Gasteiger partial charge in [-0.05, 0) is 12.8 Å². The van der Waals surface area contributed by atoms with Crippen molar-refractivity contribution >= 4 is 28.1 Å². The van der Waals surface area contributed by atoms with Crippen molar-refractivity contribution in [3.63, 3.8) is 0 Å². The molecule has 6 nitrogen and oxygen atoms in total. The predicted molar refractivity (Wildman–Crippen MR) is 87.3 cm³/mol. The fourth-order valence-electron chi connectivity index (χ4n) is 2.47. The van der Waals surface area contributed by atoms with Crippen molar-refractivity contribution in [2.75, 3.05) is 42.3 Å². The number of hydrogen-bond donors (Lipinski definition) is 1. The van der Waals surface area contributed by atoms with E-state index in [1.54, 1.807) is 17.7 Å². The molecule has 0 unspecified atom stereocenters. The van der Waals surface area contributed by atoms with E-state index in [-0.39, 0.29) is 0 Å². The molecule has 2 aromatic heterocycles. The highest BCUT2D eigenvalue weighted by molar-refractivity contribution is 7.13. The summed E-state index contributed by atoms with van der Waals surface area (Å²) in [6.45, 7) is 2.08. The second-order valence-electron chi connectivity index (χ2n) is 5.38. The molecule has 0 radical (unpaired) electrons. The van der Waals surface area contributed by atoms with Crippen LogP contribution in [-0.4, -0.2) is 48.2 Å². The molecule has 0 atom stereocenters. The predicted octanol–water partition coefficient (Wildman–Crippen LogP) is 2.08.